The van der Waals surface area contributed by atoms with Crippen molar-refractivity contribution in [2.75, 3.05) is 18.1 Å². The number of hydrogen-bond donors (Lipinski definition) is 1. The molecule has 0 aromatic heterocycles. The van der Waals surface area contributed by atoms with Gasteiger partial charge in [-0.2, -0.15) is 0 Å². The molecule has 6 nitrogen and oxygen atoms in total. The van der Waals surface area contributed by atoms with Crippen molar-refractivity contribution in [2.24, 2.45) is 0 Å². The number of ether oxygens (including phenoxy) is 2. The summed E-state index contributed by atoms with van der Waals surface area (Å²) in [4.78, 5) is 26.9. The standard InChI is InChI=1S/C21H19ClN2O4S/c1-3-27-16-9-10-18(28-4-2)13(11-16)12-17-19(25)23-21(29)24(20(17)26)15-7-5-14(22)6-8-15/h5-12H,3-4H2,1-2H3,(H,23,25,29)/b17-12-. The number of halogens is 1. The quantitative estimate of drug-likeness (QED) is 0.426. The predicted octanol–water partition coefficient (Wildman–Crippen LogP) is 3.97. The normalized spacial score (nSPS) is 15.5. The van der Waals surface area contributed by atoms with E-state index in [4.69, 9.17) is 33.3 Å². The number of nitrogens with one attached hydrogen (secondary N) is 1. The fourth-order valence-corrected chi connectivity index (χ4v) is 3.23. The third-order valence-corrected chi connectivity index (χ3v) is 4.62. The molecular weight excluding hydrogens is 412 g/mol. The maximum absolute atomic E-state index is 13.1. The van der Waals surface area contributed by atoms with Gasteiger partial charge in [-0.1, -0.05) is 11.6 Å². The van der Waals surface area contributed by atoms with Gasteiger partial charge in [0.05, 0.1) is 18.9 Å². The minimum Gasteiger partial charge on any atom is -0.494 e. The number of anilines is 1. The molecule has 0 aliphatic carbocycles. The largest absolute Gasteiger partial charge is 0.494 e. The molecular formula is C21H19ClN2O4S. The van der Waals surface area contributed by atoms with Gasteiger partial charge >= 0.3 is 0 Å². The van der Waals surface area contributed by atoms with E-state index >= 15 is 0 Å². The Balaban J connectivity index is 2.04. The fraction of sp³-hybridized carbons (Fsp3) is 0.190. The van der Waals surface area contributed by atoms with Crippen LogP contribution in [-0.2, 0) is 9.59 Å². The van der Waals surface area contributed by atoms with Crippen molar-refractivity contribution in [1.82, 2.24) is 5.32 Å². The average Bonchev–Trinajstić information content (AvgIpc) is 2.68. The van der Waals surface area contributed by atoms with Crippen molar-refractivity contribution in [1.29, 1.82) is 0 Å². The highest BCUT2D eigenvalue weighted by Gasteiger charge is 2.34. The molecule has 1 aliphatic heterocycles. The molecule has 3 rings (SSSR count). The molecule has 0 unspecified atom stereocenters. The minimum absolute atomic E-state index is 0.00701. The summed E-state index contributed by atoms with van der Waals surface area (Å²) in [5.74, 6) is 0.0339. The number of amides is 2. The lowest BCUT2D eigenvalue weighted by Gasteiger charge is -2.29. The Morgan fingerprint density at radius 1 is 1.07 bits per heavy atom. The molecule has 29 heavy (non-hydrogen) atoms. The van der Waals surface area contributed by atoms with Gasteiger partial charge in [-0.25, -0.2) is 0 Å². The summed E-state index contributed by atoms with van der Waals surface area (Å²) in [6.07, 6.45) is 1.48. The zero-order valence-corrected chi connectivity index (χ0v) is 17.5. The van der Waals surface area contributed by atoms with Crippen LogP contribution in [0, 0.1) is 0 Å². The van der Waals surface area contributed by atoms with E-state index in [0.717, 1.165) is 0 Å². The van der Waals surface area contributed by atoms with E-state index < -0.39 is 11.8 Å². The first-order chi connectivity index (χ1) is 13.9. The summed E-state index contributed by atoms with van der Waals surface area (Å²) in [6, 6.07) is 11.8. The molecule has 1 heterocycles. The van der Waals surface area contributed by atoms with Crippen LogP contribution in [0.5, 0.6) is 11.5 Å². The summed E-state index contributed by atoms with van der Waals surface area (Å²) < 4.78 is 11.2. The molecule has 1 saturated heterocycles. The van der Waals surface area contributed by atoms with Gasteiger partial charge in [0.25, 0.3) is 11.8 Å². The van der Waals surface area contributed by atoms with Crippen LogP contribution in [-0.4, -0.2) is 30.1 Å². The van der Waals surface area contributed by atoms with Crippen LogP contribution >= 0.6 is 23.8 Å². The first-order valence-electron chi connectivity index (χ1n) is 9.01. The van der Waals surface area contributed by atoms with Crippen molar-refractivity contribution in [2.45, 2.75) is 13.8 Å². The van der Waals surface area contributed by atoms with E-state index in [1.807, 2.05) is 13.8 Å². The molecule has 2 aromatic rings. The van der Waals surface area contributed by atoms with Gasteiger partial charge in [-0.05, 0) is 74.6 Å². The van der Waals surface area contributed by atoms with E-state index in [1.54, 1.807) is 42.5 Å². The second-order valence-electron chi connectivity index (χ2n) is 6.00. The van der Waals surface area contributed by atoms with Crippen molar-refractivity contribution < 1.29 is 19.1 Å². The summed E-state index contributed by atoms with van der Waals surface area (Å²) in [6.45, 7) is 4.65. The summed E-state index contributed by atoms with van der Waals surface area (Å²) in [5, 5.41) is 3.09. The van der Waals surface area contributed by atoms with Crippen LogP contribution in [0.15, 0.2) is 48.0 Å². The Labute approximate surface area is 179 Å². The number of carbonyl (C=O) groups is 2. The lowest BCUT2D eigenvalue weighted by atomic mass is 10.1. The molecule has 8 heteroatoms. The number of hydrogen-bond acceptors (Lipinski definition) is 5. The Kier molecular flexibility index (Phi) is 6.51. The molecule has 2 aromatic carbocycles. The average molecular weight is 431 g/mol. The highest BCUT2D eigenvalue weighted by molar-refractivity contribution is 7.80. The van der Waals surface area contributed by atoms with Gasteiger partial charge in [0.1, 0.15) is 17.1 Å². The highest BCUT2D eigenvalue weighted by atomic mass is 35.5. The number of carbonyl (C=O) groups excluding carboxylic acids is 2. The van der Waals surface area contributed by atoms with Gasteiger partial charge in [-0.3, -0.25) is 19.8 Å². The number of thiocarbonyl (C=S) groups is 1. The zero-order valence-electron chi connectivity index (χ0n) is 15.9. The molecule has 1 N–H and O–H groups in total. The predicted molar refractivity (Wildman–Crippen MR) is 116 cm³/mol. The first-order valence-corrected chi connectivity index (χ1v) is 9.79. The third-order valence-electron chi connectivity index (χ3n) is 4.08. The van der Waals surface area contributed by atoms with Crippen LogP contribution in [0.3, 0.4) is 0 Å². The molecule has 0 atom stereocenters. The van der Waals surface area contributed by atoms with Crippen molar-refractivity contribution >= 4 is 52.5 Å². The van der Waals surface area contributed by atoms with Crippen LogP contribution in [0.1, 0.15) is 19.4 Å². The number of benzene rings is 2. The lowest BCUT2D eigenvalue weighted by Crippen LogP contribution is -2.54. The highest BCUT2D eigenvalue weighted by Crippen LogP contribution is 2.29. The maximum atomic E-state index is 13.1. The SMILES string of the molecule is CCOc1ccc(OCC)c(/C=C2/C(=O)NC(=S)N(c3ccc(Cl)cc3)C2=O)c1. The van der Waals surface area contributed by atoms with Gasteiger partial charge in [0.2, 0.25) is 0 Å². The van der Waals surface area contributed by atoms with Crippen molar-refractivity contribution in [3.8, 4) is 11.5 Å². The van der Waals surface area contributed by atoms with Crippen LogP contribution in [0.2, 0.25) is 5.02 Å². The van der Waals surface area contributed by atoms with E-state index in [-0.39, 0.29) is 10.7 Å². The topological polar surface area (TPSA) is 67.9 Å². The van der Waals surface area contributed by atoms with Gasteiger partial charge in [-0.15, -0.1) is 0 Å². The second kappa shape index (κ2) is 9.07. The second-order valence-corrected chi connectivity index (χ2v) is 6.82. The molecule has 1 aliphatic rings. The molecule has 1 fully saturated rings. The van der Waals surface area contributed by atoms with Gasteiger partial charge in [0.15, 0.2) is 5.11 Å². The minimum atomic E-state index is -0.575. The third kappa shape index (κ3) is 4.58. The summed E-state index contributed by atoms with van der Waals surface area (Å²) in [7, 11) is 0. The van der Waals surface area contributed by atoms with E-state index in [1.165, 1.54) is 11.0 Å². The van der Waals surface area contributed by atoms with Crippen LogP contribution < -0.4 is 19.7 Å². The molecule has 2 amide bonds. The molecule has 0 spiro atoms. The molecule has 0 bridgehead atoms. The monoisotopic (exact) mass is 430 g/mol. The van der Waals surface area contributed by atoms with Crippen LogP contribution in [0.25, 0.3) is 6.08 Å². The molecule has 0 saturated carbocycles. The van der Waals surface area contributed by atoms with E-state index in [2.05, 4.69) is 5.32 Å². The first kappa shape index (κ1) is 20.8. The summed E-state index contributed by atoms with van der Waals surface area (Å²) in [5.41, 5.74) is 0.992. The Morgan fingerprint density at radius 3 is 2.41 bits per heavy atom. The molecule has 150 valence electrons. The van der Waals surface area contributed by atoms with Crippen molar-refractivity contribution in [3.05, 3.63) is 58.6 Å². The van der Waals surface area contributed by atoms with Gasteiger partial charge < -0.3 is 9.47 Å². The number of rotatable bonds is 6. The Bertz CT molecular complexity index is 989. The van der Waals surface area contributed by atoms with E-state index in [9.17, 15) is 9.59 Å². The number of nitrogens with zero attached hydrogens (tertiary/aromatic N) is 1. The van der Waals surface area contributed by atoms with Crippen LogP contribution in [0.4, 0.5) is 5.69 Å². The van der Waals surface area contributed by atoms with Crippen molar-refractivity contribution in [3.63, 3.8) is 0 Å². The molecule has 0 radical (unpaired) electrons. The zero-order chi connectivity index (χ0) is 21.0. The fourth-order valence-electron chi connectivity index (χ4n) is 2.82. The Morgan fingerprint density at radius 2 is 1.76 bits per heavy atom. The van der Waals surface area contributed by atoms with Gasteiger partial charge in [0, 0.05) is 10.6 Å². The summed E-state index contributed by atoms with van der Waals surface area (Å²) >= 11 is 11.1. The smallest absolute Gasteiger partial charge is 0.270 e. The maximum Gasteiger partial charge on any atom is 0.270 e. The Hall–Kier alpha value is -2.90. The lowest BCUT2D eigenvalue weighted by molar-refractivity contribution is -0.122. The van der Waals surface area contributed by atoms with E-state index in [0.29, 0.717) is 41.0 Å².